The summed E-state index contributed by atoms with van der Waals surface area (Å²) in [5.74, 6) is 1.07. The van der Waals surface area contributed by atoms with Crippen LogP contribution < -0.4 is 5.73 Å². The van der Waals surface area contributed by atoms with Gasteiger partial charge in [-0.25, -0.2) is 19.6 Å². The maximum atomic E-state index is 11.3. The van der Waals surface area contributed by atoms with E-state index in [1.807, 2.05) is 22.9 Å². The molecule has 3 aromatic heterocycles. The first-order chi connectivity index (χ1) is 13.1. The van der Waals surface area contributed by atoms with Gasteiger partial charge in [-0.3, -0.25) is 9.20 Å². The minimum Gasteiger partial charge on any atom is -0.369 e. The lowest BCUT2D eigenvalue weighted by Gasteiger charge is -2.05. The Morgan fingerprint density at radius 1 is 1.15 bits per heavy atom. The second kappa shape index (κ2) is 6.99. The van der Waals surface area contributed by atoms with E-state index in [4.69, 9.17) is 5.73 Å². The normalized spacial score (nSPS) is 11.1. The Morgan fingerprint density at radius 3 is 2.63 bits per heavy atom. The van der Waals surface area contributed by atoms with Crippen LogP contribution in [0.3, 0.4) is 0 Å². The molecule has 3 heterocycles. The summed E-state index contributed by atoms with van der Waals surface area (Å²) in [5.41, 5.74) is 8.32. The lowest BCUT2D eigenvalue weighted by molar-refractivity contribution is -0.117. The highest BCUT2D eigenvalue weighted by molar-refractivity contribution is 5.75. The highest BCUT2D eigenvalue weighted by Crippen LogP contribution is 2.19. The molecule has 4 rings (SSSR count). The number of nitrogens with zero attached hydrogens (tertiary/aromatic N) is 6. The van der Waals surface area contributed by atoms with Crippen molar-refractivity contribution in [3.8, 4) is 11.5 Å². The van der Waals surface area contributed by atoms with Crippen molar-refractivity contribution in [3.63, 3.8) is 0 Å². The average Bonchev–Trinajstić information content (AvgIpc) is 3.25. The molecule has 27 heavy (non-hydrogen) atoms. The third kappa shape index (κ3) is 3.55. The number of amides is 1. The Balaban J connectivity index is 1.74. The van der Waals surface area contributed by atoms with Crippen LogP contribution in [0.2, 0.25) is 0 Å². The van der Waals surface area contributed by atoms with Crippen LogP contribution >= 0.6 is 0 Å². The largest absolute Gasteiger partial charge is 0.369 e. The van der Waals surface area contributed by atoms with Crippen molar-refractivity contribution in [2.24, 2.45) is 5.73 Å². The van der Waals surface area contributed by atoms with Crippen molar-refractivity contribution in [1.29, 1.82) is 0 Å². The van der Waals surface area contributed by atoms with Crippen LogP contribution in [0.15, 0.2) is 48.9 Å². The molecule has 0 fully saturated rings. The fourth-order valence-corrected chi connectivity index (χ4v) is 2.91. The van der Waals surface area contributed by atoms with Crippen LogP contribution in [0.5, 0.6) is 0 Å². The Bertz CT molecular complexity index is 1060. The Kier molecular flexibility index (Phi) is 4.37. The van der Waals surface area contributed by atoms with Crippen LogP contribution in [0.4, 0.5) is 0 Å². The molecular formula is C19H19N7O. The van der Waals surface area contributed by atoms with Gasteiger partial charge < -0.3 is 5.73 Å². The number of imidazole rings is 1. The van der Waals surface area contributed by atoms with Gasteiger partial charge in [0.1, 0.15) is 5.69 Å². The van der Waals surface area contributed by atoms with E-state index < -0.39 is 5.91 Å². The molecule has 0 aliphatic heterocycles. The van der Waals surface area contributed by atoms with Gasteiger partial charge in [0, 0.05) is 18.6 Å². The Hall–Kier alpha value is -3.55. The lowest BCUT2D eigenvalue weighted by Crippen LogP contribution is -2.15. The van der Waals surface area contributed by atoms with Crippen LogP contribution in [0.1, 0.15) is 23.9 Å². The molecule has 4 aromatic rings. The summed E-state index contributed by atoms with van der Waals surface area (Å²) in [7, 11) is 0. The lowest BCUT2D eigenvalue weighted by atomic mass is 10.1. The number of hydrogen-bond donors (Lipinski definition) is 1. The molecule has 0 radical (unpaired) electrons. The van der Waals surface area contributed by atoms with Gasteiger partial charge in [0.25, 0.3) is 0 Å². The van der Waals surface area contributed by atoms with Gasteiger partial charge >= 0.3 is 0 Å². The van der Waals surface area contributed by atoms with E-state index in [9.17, 15) is 4.79 Å². The Labute approximate surface area is 155 Å². The van der Waals surface area contributed by atoms with Crippen LogP contribution in [0, 0.1) is 0 Å². The summed E-state index contributed by atoms with van der Waals surface area (Å²) in [5, 5.41) is 4.47. The standard InChI is InChI=1S/C19H19N7O/c1-2-13-4-6-14(7-5-13)11-26-18(23-17(24-26)10-16(20)27)15-12-25-9-3-8-21-19(25)22-15/h3-9,12H,2,10-11H2,1H3,(H2,20,27). The quantitative estimate of drug-likeness (QED) is 0.562. The molecule has 0 unspecified atom stereocenters. The van der Waals surface area contributed by atoms with Crippen molar-refractivity contribution in [2.75, 3.05) is 0 Å². The molecule has 0 atom stereocenters. The molecule has 0 saturated carbocycles. The number of benzene rings is 1. The minimum atomic E-state index is -0.470. The molecule has 0 spiro atoms. The summed E-state index contributed by atoms with van der Waals surface area (Å²) in [6.45, 7) is 2.64. The topological polar surface area (TPSA) is 104 Å². The van der Waals surface area contributed by atoms with Crippen molar-refractivity contribution in [1.82, 2.24) is 29.1 Å². The van der Waals surface area contributed by atoms with Gasteiger partial charge in [-0.2, -0.15) is 5.10 Å². The maximum absolute atomic E-state index is 11.3. The number of aryl methyl sites for hydroxylation is 1. The molecule has 8 nitrogen and oxygen atoms in total. The average molecular weight is 361 g/mol. The molecule has 8 heteroatoms. The van der Waals surface area contributed by atoms with Gasteiger partial charge in [-0.15, -0.1) is 0 Å². The smallest absolute Gasteiger partial charge is 0.234 e. The summed E-state index contributed by atoms with van der Waals surface area (Å²) in [6, 6.07) is 10.2. The molecule has 0 aliphatic carbocycles. The zero-order valence-electron chi connectivity index (χ0n) is 14.9. The van der Waals surface area contributed by atoms with Gasteiger partial charge in [-0.1, -0.05) is 31.2 Å². The number of nitrogens with two attached hydrogens (primary N) is 1. The zero-order chi connectivity index (χ0) is 18.8. The highest BCUT2D eigenvalue weighted by Gasteiger charge is 2.17. The number of rotatable bonds is 6. The second-order valence-electron chi connectivity index (χ2n) is 6.28. The first-order valence-corrected chi connectivity index (χ1v) is 8.72. The number of carbonyl (C=O) groups excluding carboxylic acids is 1. The van der Waals surface area contributed by atoms with E-state index in [0.29, 0.717) is 29.7 Å². The first-order valence-electron chi connectivity index (χ1n) is 8.72. The third-order valence-corrected chi connectivity index (χ3v) is 4.28. The van der Waals surface area contributed by atoms with E-state index in [2.05, 4.69) is 51.2 Å². The number of aromatic nitrogens is 6. The second-order valence-corrected chi connectivity index (χ2v) is 6.28. The number of hydrogen-bond acceptors (Lipinski definition) is 5. The molecule has 1 aromatic carbocycles. The number of carbonyl (C=O) groups is 1. The molecule has 0 saturated heterocycles. The molecular weight excluding hydrogens is 342 g/mol. The van der Waals surface area contributed by atoms with Crippen LogP contribution in [0.25, 0.3) is 17.3 Å². The minimum absolute atomic E-state index is 0.0135. The van der Waals surface area contributed by atoms with Crippen molar-refractivity contribution in [2.45, 2.75) is 26.3 Å². The van der Waals surface area contributed by atoms with E-state index in [1.165, 1.54) is 5.56 Å². The summed E-state index contributed by atoms with van der Waals surface area (Å²) < 4.78 is 3.57. The van der Waals surface area contributed by atoms with Crippen molar-refractivity contribution >= 4 is 11.7 Å². The highest BCUT2D eigenvalue weighted by atomic mass is 16.1. The number of primary amides is 1. The molecule has 0 bridgehead atoms. The fraction of sp³-hybridized carbons (Fsp3) is 0.211. The SMILES string of the molecule is CCc1ccc(Cn2nc(CC(N)=O)nc2-c2cn3cccnc3n2)cc1. The predicted molar refractivity (Wildman–Crippen MR) is 99.8 cm³/mol. The van der Waals surface area contributed by atoms with Gasteiger partial charge in [0.15, 0.2) is 11.6 Å². The predicted octanol–water partition coefficient (Wildman–Crippen LogP) is 1.63. The maximum Gasteiger partial charge on any atom is 0.234 e. The number of fused-ring (bicyclic) bond motifs is 1. The van der Waals surface area contributed by atoms with Crippen LogP contribution in [-0.2, 0) is 24.2 Å². The van der Waals surface area contributed by atoms with Gasteiger partial charge in [-0.05, 0) is 23.6 Å². The van der Waals surface area contributed by atoms with Crippen molar-refractivity contribution in [3.05, 3.63) is 65.9 Å². The molecule has 0 aliphatic rings. The van der Waals surface area contributed by atoms with E-state index in [1.54, 1.807) is 10.9 Å². The Morgan fingerprint density at radius 2 is 1.93 bits per heavy atom. The summed E-state index contributed by atoms with van der Waals surface area (Å²) >= 11 is 0. The van der Waals surface area contributed by atoms with Gasteiger partial charge in [0.05, 0.1) is 13.0 Å². The zero-order valence-corrected chi connectivity index (χ0v) is 14.9. The van der Waals surface area contributed by atoms with Crippen LogP contribution in [-0.4, -0.2) is 35.0 Å². The van der Waals surface area contributed by atoms with E-state index in [-0.39, 0.29) is 6.42 Å². The summed E-state index contributed by atoms with van der Waals surface area (Å²) in [4.78, 5) is 24.5. The van der Waals surface area contributed by atoms with Gasteiger partial charge in [0.2, 0.25) is 11.7 Å². The molecule has 136 valence electrons. The first kappa shape index (κ1) is 16.9. The molecule has 2 N–H and O–H groups in total. The summed E-state index contributed by atoms with van der Waals surface area (Å²) in [6.07, 6.45) is 6.38. The monoisotopic (exact) mass is 361 g/mol. The third-order valence-electron chi connectivity index (χ3n) is 4.28. The van der Waals surface area contributed by atoms with E-state index in [0.717, 1.165) is 12.0 Å². The van der Waals surface area contributed by atoms with E-state index >= 15 is 0 Å². The van der Waals surface area contributed by atoms with Crippen molar-refractivity contribution < 1.29 is 4.79 Å². The fourth-order valence-electron chi connectivity index (χ4n) is 2.91. The molecule has 1 amide bonds.